The molecule has 0 aliphatic heterocycles. The number of thiophene rings is 1. The second kappa shape index (κ2) is 8.82. The second-order valence-corrected chi connectivity index (χ2v) is 6.50. The van der Waals surface area contributed by atoms with Gasteiger partial charge in [-0.05, 0) is 49.0 Å². The molecular weight excluding hydrogens is 308 g/mol. The highest BCUT2D eigenvalue weighted by molar-refractivity contribution is 7.07. The van der Waals surface area contributed by atoms with E-state index in [-0.39, 0.29) is 11.9 Å². The zero-order chi connectivity index (χ0) is 16.7. The number of nitrogens with zero attached hydrogens (tertiary/aromatic N) is 1. The lowest BCUT2D eigenvalue weighted by Crippen LogP contribution is -2.39. The largest absolute Gasteiger partial charge is 0.364 e. The summed E-state index contributed by atoms with van der Waals surface area (Å²) in [7, 11) is 4.04. The van der Waals surface area contributed by atoms with Gasteiger partial charge in [0.25, 0.3) is 0 Å². The van der Waals surface area contributed by atoms with E-state index in [0.29, 0.717) is 13.2 Å². The van der Waals surface area contributed by atoms with Gasteiger partial charge in [0.15, 0.2) is 0 Å². The summed E-state index contributed by atoms with van der Waals surface area (Å²) in [6.07, 6.45) is -0.472. The molecule has 0 aliphatic carbocycles. The monoisotopic (exact) mass is 332 g/mol. The van der Waals surface area contributed by atoms with Crippen LogP contribution in [0.5, 0.6) is 0 Å². The fraction of sp³-hybridized carbons (Fsp3) is 0.389. The molecule has 0 spiro atoms. The molecule has 1 aromatic carbocycles. The summed E-state index contributed by atoms with van der Waals surface area (Å²) in [6.45, 7) is 2.80. The molecule has 0 unspecified atom stereocenters. The van der Waals surface area contributed by atoms with Gasteiger partial charge < -0.3 is 15.0 Å². The fourth-order valence-corrected chi connectivity index (χ4v) is 2.98. The van der Waals surface area contributed by atoms with Crippen molar-refractivity contribution < 1.29 is 9.53 Å². The van der Waals surface area contributed by atoms with Gasteiger partial charge in [0.1, 0.15) is 6.10 Å². The van der Waals surface area contributed by atoms with Crippen LogP contribution in [0.15, 0.2) is 47.2 Å². The van der Waals surface area contributed by atoms with Crippen molar-refractivity contribution in [2.75, 3.05) is 20.6 Å². The number of carbonyl (C=O) groups excluding carboxylic acids is 1. The first-order valence-electron chi connectivity index (χ1n) is 7.69. The quantitative estimate of drug-likeness (QED) is 0.808. The van der Waals surface area contributed by atoms with Crippen LogP contribution in [0.3, 0.4) is 0 Å². The average Bonchev–Trinajstić information content (AvgIpc) is 3.07. The van der Waals surface area contributed by atoms with Crippen LogP contribution in [0.1, 0.15) is 24.1 Å². The van der Waals surface area contributed by atoms with Crippen molar-refractivity contribution in [3.8, 4) is 0 Å². The zero-order valence-corrected chi connectivity index (χ0v) is 14.7. The summed E-state index contributed by atoms with van der Waals surface area (Å²) in [6, 6.07) is 12.1. The van der Waals surface area contributed by atoms with Crippen LogP contribution in [0.2, 0.25) is 0 Å². The van der Waals surface area contributed by atoms with Crippen LogP contribution in [0, 0.1) is 0 Å². The molecule has 1 heterocycles. The minimum Gasteiger partial charge on any atom is -0.364 e. The molecule has 4 nitrogen and oxygen atoms in total. The highest BCUT2D eigenvalue weighted by Crippen LogP contribution is 2.20. The van der Waals surface area contributed by atoms with Gasteiger partial charge in [0.2, 0.25) is 5.91 Å². The summed E-state index contributed by atoms with van der Waals surface area (Å²) in [4.78, 5) is 14.3. The van der Waals surface area contributed by atoms with Gasteiger partial charge in [-0.25, -0.2) is 0 Å². The summed E-state index contributed by atoms with van der Waals surface area (Å²) >= 11 is 1.67. The number of ether oxygens (including phenoxy) is 1. The Morgan fingerprint density at radius 3 is 2.61 bits per heavy atom. The van der Waals surface area contributed by atoms with Gasteiger partial charge in [-0.2, -0.15) is 11.3 Å². The summed E-state index contributed by atoms with van der Waals surface area (Å²) in [5, 5.41) is 7.16. The SMILES string of the molecule is C[C@H](OCc1ccccc1)C(=O)NC[C@H](c1ccsc1)N(C)C. The smallest absolute Gasteiger partial charge is 0.248 e. The van der Waals surface area contributed by atoms with Gasteiger partial charge in [-0.15, -0.1) is 0 Å². The van der Waals surface area contributed by atoms with Gasteiger partial charge in [-0.1, -0.05) is 30.3 Å². The van der Waals surface area contributed by atoms with Gasteiger partial charge in [0.05, 0.1) is 12.6 Å². The number of hydrogen-bond donors (Lipinski definition) is 1. The molecule has 0 saturated heterocycles. The second-order valence-electron chi connectivity index (χ2n) is 5.72. The van der Waals surface area contributed by atoms with Gasteiger partial charge in [0, 0.05) is 6.54 Å². The Labute approximate surface area is 142 Å². The van der Waals surface area contributed by atoms with Crippen LogP contribution < -0.4 is 5.32 Å². The van der Waals surface area contributed by atoms with Crippen molar-refractivity contribution in [3.63, 3.8) is 0 Å². The van der Waals surface area contributed by atoms with E-state index >= 15 is 0 Å². The number of carbonyl (C=O) groups is 1. The van der Waals surface area contributed by atoms with E-state index in [9.17, 15) is 4.79 Å². The maximum absolute atomic E-state index is 12.2. The molecule has 2 rings (SSSR count). The minimum absolute atomic E-state index is 0.0805. The van der Waals surface area contributed by atoms with Crippen LogP contribution in [-0.4, -0.2) is 37.6 Å². The van der Waals surface area contributed by atoms with Gasteiger partial charge in [-0.3, -0.25) is 4.79 Å². The van der Waals surface area contributed by atoms with E-state index in [1.807, 2.05) is 44.4 Å². The lowest BCUT2D eigenvalue weighted by Gasteiger charge is -2.24. The first-order valence-corrected chi connectivity index (χ1v) is 8.64. The molecule has 0 fully saturated rings. The molecule has 2 aromatic rings. The number of amides is 1. The van der Waals surface area contributed by atoms with Crippen molar-refractivity contribution in [3.05, 3.63) is 58.3 Å². The molecule has 1 N–H and O–H groups in total. The van der Waals surface area contributed by atoms with E-state index in [0.717, 1.165) is 5.56 Å². The predicted octanol–water partition coefficient (Wildman–Crippen LogP) is 3.07. The highest BCUT2D eigenvalue weighted by Gasteiger charge is 2.18. The number of benzene rings is 1. The Morgan fingerprint density at radius 1 is 1.26 bits per heavy atom. The summed E-state index contributed by atoms with van der Waals surface area (Å²) < 4.78 is 5.65. The average molecular weight is 332 g/mol. The lowest BCUT2D eigenvalue weighted by molar-refractivity contribution is -0.132. The molecule has 1 amide bonds. The molecule has 1 aromatic heterocycles. The molecule has 0 bridgehead atoms. The molecule has 5 heteroatoms. The maximum atomic E-state index is 12.2. The van der Waals surface area contributed by atoms with Crippen LogP contribution in [0.25, 0.3) is 0 Å². The van der Waals surface area contributed by atoms with Crippen LogP contribution in [-0.2, 0) is 16.1 Å². The number of nitrogens with one attached hydrogen (secondary N) is 1. The third-order valence-electron chi connectivity index (χ3n) is 3.73. The van der Waals surface area contributed by atoms with Crippen LogP contribution >= 0.6 is 11.3 Å². The first-order chi connectivity index (χ1) is 11.1. The molecule has 2 atom stereocenters. The lowest BCUT2D eigenvalue weighted by atomic mass is 10.1. The fourth-order valence-electron chi connectivity index (χ4n) is 2.28. The predicted molar refractivity (Wildman–Crippen MR) is 94.4 cm³/mol. The third kappa shape index (κ3) is 5.46. The first kappa shape index (κ1) is 17.7. The molecule has 0 radical (unpaired) electrons. The number of likely N-dealkylation sites (N-methyl/N-ethyl adjacent to an activating group) is 1. The highest BCUT2D eigenvalue weighted by atomic mass is 32.1. The number of rotatable bonds is 8. The standard InChI is InChI=1S/C18H24N2O2S/c1-14(22-12-15-7-5-4-6-8-15)18(21)19-11-17(20(2)3)16-9-10-23-13-16/h4-10,13-14,17H,11-12H2,1-3H3,(H,19,21)/t14-,17+/m0/s1. The summed E-state index contributed by atoms with van der Waals surface area (Å²) in [5.74, 6) is -0.0805. The van der Waals surface area contributed by atoms with E-state index in [2.05, 4.69) is 27.0 Å². The van der Waals surface area contributed by atoms with Crippen LogP contribution in [0.4, 0.5) is 0 Å². The molecule has 124 valence electrons. The maximum Gasteiger partial charge on any atom is 0.248 e. The van der Waals surface area contributed by atoms with E-state index in [4.69, 9.17) is 4.74 Å². The van der Waals surface area contributed by atoms with E-state index < -0.39 is 6.10 Å². The number of hydrogen-bond acceptors (Lipinski definition) is 4. The summed E-state index contributed by atoms with van der Waals surface area (Å²) in [5.41, 5.74) is 2.29. The zero-order valence-electron chi connectivity index (χ0n) is 13.9. The Hall–Kier alpha value is -1.69. The van der Waals surface area contributed by atoms with Crippen molar-refractivity contribution in [2.24, 2.45) is 0 Å². The third-order valence-corrected chi connectivity index (χ3v) is 4.43. The molecule has 0 saturated carbocycles. The van der Waals surface area contributed by atoms with Gasteiger partial charge >= 0.3 is 0 Å². The van der Waals surface area contributed by atoms with Crippen molar-refractivity contribution in [1.29, 1.82) is 0 Å². The van der Waals surface area contributed by atoms with Crippen molar-refractivity contribution in [1.82, 2.24) is 10.2 Å². The normalized spacial score (nSPS) is 13.7. The Balaban J connectivity index is 1.81. The molecular formula is C18H24N2O2S. The Morgan fingerprint density at radius 2 is 2.00 bits per heavy atom. The topological polar surface area (TPSA) is 41.6 Å². The Bertz CT molecular complexity index is 584. The molecule has 23 heavy (non-hydrogen) atoms. The van der Waals surface area contributed by atoms with E-state index in [1.54, 1.807) is 18.3 Å². The molecule has 0 aliphatic rings. The minimum atomic E-state index is -0.472. The van der Waals surface area contributed by atoms with Crippen molar-refractivity contribution in [2.45, 2.75) is 25.7 Å². The Kier molecular flexibility index (Phi) is 6.77. The van der Waals surface area contributed by atoms with E-state index in [1.165, 1.54) is 5.56 Å². The van der Waals surface area contributed by atoms with Crippen molar-refractivity contribution >= 4 is 17.2 Å².